The second-order valence-electron chi connectivity index (χ2n) is 6.30. The fourth-order valence-electron chi connectivity index (χ4n) is 2.81. The van der Waals surface area contributed by atoms with Crippen LogP contribution in [0.2, 0.25) is 0 Å². The Balaban J connectivity index is 2.19. The van der Waals surface area contributed by atoms with E-state index in [4.69, 9.17) is 0 Å². The zero-order valence-corrected chi connectivity index (χ0v) is 16.5. The molecule has 0 aromatic heterocycles. The van der Waals surface area contributed by atoms with Gasteiger partial charge in [0.15, 0.2) is 0 Å². The number of esters is 1. The number of ether oxygens (including phenoxy) is 1. The maximum Gasteiger partial charge on any atom is 0.320 e. The Hall–Kier alpha value is -2.59. The lowest BCUT2D eigenvalue weighted by atomic mass is 10.1. The lowest BCUT2D eigenvalue weighted by molar-refractivity contribution is -0.141. The molecule has 0 aliphatic carbocycles. The average Bonchev–Trinajstić information content (AvgIpc) is 2.88. The number of hydrogen-bond donors (Lipinski definition) is 1. The van der Waals surface area contributed by atoms with Gasteiger partial charge in [-0.15, -0.1) is 0 Å². The summed E-state index contributed by atoms with van der Waals surface area (Å²) in [6, 6.07) is 6.21. The predicted molar refractivity (Wildman–Crippen MR) is 99.1 cm³/mol. The molecule has 10 heteroatoms. The summed E-state index contributed by atoms with van der Waals surface area (Å²) in [5, 5.41) is -1.24. The van der Waals surface area contributed by atoms with Gasteiger partial charge in [0.2, 0.25) is 10.0 Å². The van der Waals surface area contributed by atoms with Crippen LogP contribution in [0.1, 0.15) is 47.4 Å². The Morgan fingerprint density at radius 1 is 1.14 bits per heavy atom. The number of nitrogens with one attached hydrogen (secondary N) is 1. The molecule has 1 N–H and O–H groups in total. The van der Waals surface area contributed by atoms with Crippen LogP contribution in [0.15, 0.2) is 24.3 Å². The summed E-state index contributed by atoms with van der Waals surface area (Å²) in [6.45, 7) is 2.01. The molecule has 1 atom stereocenters. The van der Waals surface area contributed by atoms with Crippen molar-refractivity contribution < 1.29 is 32.3 Å². The molecule has 9 nitrogen and oxygen atoms in total. The van der Waals surface area contributed by atoms with Crippen LogP contribution in [0.3, 0.4) is 0 Å². The summed E-state index contributed by atoms with van der Waals surface area (Å²) in [5.74, 6) is -2.16. The molecule has 1 heterocycles. The highest BCUT2D eigenvalue weighted by Crippen LogP contribution is 2.24. The smallest absolute Gasteiger partial charge is 0.320 e. The molecule has 2 rings (SSSR count). The van der Waals surface area contributed by atoms with E-state index in [1.807, 2.05) is 0 Å². The molecule has 1 aliphatic rings. The number of rotatable bonds is 10. The normalized spacial score (nSPS) is 14.7. The van der Waals surface area contributed by atoms with Crippen LogP contribution in [0.25, 0.3) is 0 Å². The lowest BCUT2D eigenvalue weighted by Gasteiger charge is -2.22. The minimum atomic E-state index is -4.10. The Labute approximate surface area is 163 Å². The van der Waals surface area contributed by atoms with E-state index in [1.54, 1.807) is 19.1 Å². The molecule has 0 radical (unpaired) electrons. The highest BCUT2D eigenvalue weighted by Gasteiger charge is 2.39. The zero-order valence-electron chi connectivity index (χ0n) is 15.6. The van der Waals surface area contributed by atoms with Crippen molar-refractivity contribution in [1.29, 1.82) is 0 Å². The SMILES string of the molecule is CCOC(=O)CNS(=O)(=O)C(CCC(C)=O)CN1C(=O)c2ccccc2C1=O. The zero-order chi connectivity index (χ0) is 20.9. The van der Waals surface area contributed by atoms with E-state index in [9.17, 15) is 27.6 Å². The Kier molecular flexibility index (Phi) is 7.03. The van der Waals surface area contributed by atoms with E-state index in [0.29, 0.717) is 0 Å². The number of hydrogen-bond acceptors (Lipinski definition) is 7. The van der Waals surface area contributed by atoms with Crippen LogP contribution in [0.5, 0.6) is 0 Å². The van der Waals surface area contributed by atoms with Gasteiger partial charge in [0.1, 0.15) is 12.3 Å². The molecular formula is C18H22N2O7S. The molecule has 0 spiro atoms. The van der Waals surface area contributed by atoms with Crippen LogP contribution in [0.4, 0.5) is 0 Å². The van der Waals surface area contributed by atoms with Crippen LogP contribution in [0, 0.1) is 0 Å². The second-order valence-corrected chi connectivity index (χ2v) is 8.35. The maximum absolute atomic E-state index is 12.6. The Bertz CT molecular complexity index is 860. The Morgan fingerprint density at radius 2 is 1.71 bits per heavy atom. The number of fused-ring (bicyclic) bond motifs is 1. The fourth-order valence-corrected chi connectivity index (χ4v) is 4.14. The number of benzene rings is 1. The van der Waals surface area contributed by atoms with Gasteiger partial charge in [-0.3, -0.25) is 19.3 Å². The third-order valence-electron chi connectivity index (χ3n) is 4.24. The van der Waals surface area contributed by atoms with Gasteiger partial charge in [-0.25, -0.2) is 13.1 Å². The van der Waals surface area contributed by atoms with E-state index in [2.05, 4.69) is 9.46 Å². The molecule has 1 aromatic carbocycles. The minimum Gasteiger partial charge on any atom is -0.465 e. The third-order valence-corrected chi connectivity index (χ3v) is 6.05. The van der Waals surface area contributed by atoms with Crippen molar-refractivity contribution in [3.8, 4) is 0 Å². The number of carbonyl (C=O) groups is 4. The van der Waals surface area contributed by atoms with Crippen LogP contribution >= 0.6 is 0 Å². The first-order valence-corrected chi connectivity index (χ1v) is 10.3. The fraction of sp³-hybridized carbons (Fsp3) is 0.444. The summed E-state index contributed by atoms with van der Waals surface area (Å²) >= 11 is 0. The van der Waals surface area contributed by atoms with Crippen molar-refractivity contribution in [3.63, 3.8) is 0 Å². The van der Waals surface area contributed by atoms with Gasteiger partial charge in [0, 0.05) is 13.0 Å². The predicted octanol–water partition coefficient (Wildman–Crippen LogP) is 0.503. The highest BCUT2D eigenvalue weighted by atomic mass is 32.2. The third kappa shape index (κ3) is 5.02. The molecule has 0 fully saturated rings. The topological polar surface area (TPSA) is 127 Å². The Morgan fingerprint density at radius 3 is 2.21 bits per heavy atom. The molecular weight excluding hydrogens is 388 g/mol. The summed E-state index contributed by atoms with van der Waals surface area (Å²) < 4.78 is 32.1. The van der Waals surface area contributed by atoms with Gasteiger partial charge in [-0.1, -0.05) is 12.1 Å². The standard InChI is InChI=1S/C18H22N2O7S/c1-3-27-16(22)10-19-28(25,26)13(9-8-12(2)21)11-20-17(23)14-6-4-5-7-15(14)18(20)24/h4-7,13,19H,3,8-11H2,1-2H3. The van der Waals surface area contributed by atoms with Gasteiger partial charge in [0.25, 0.3) is 11.8 Å². The summed E-state index contributed by atoms with van der Waals surface area (Å²) in [7, 11) is -4.10. The molecule has 152 valence electrons. The van der Waals surface area contributed by atoms with Gasteiger partial charge in [-0.05, 0) is 32.4 Å². The van der Waals surface area contributed by atoms with Crippen molar-refractivity contribution in [3.05, 3.63) is 35.4 Å². The first-order chi connectivity index (χ1) is 13.2. The summed E-state index contributed by atoms with van der Waals surface area (Å²) in [4.78, 5) is 48.7. The van der Waals surface area contributed by atoms with E-state index < -0.39 is 46.1 Å². The number of imide groups is 1. The summed E-state index contributed by atoms with van der Waals surface area (Å²) in [5.41, 5.74) is 0.407. The van der Waals surface area contributed by atoms with Gasteiger partial charge >= 0.3 is 5.97 Å². The van der Waals surface area contributed by atoms with Crippen molar-refractivity contribution in [1.82, 2.24) is 9.62 Å². The first kappa shape index (κ1) is 21.7. The summed E-state index contributed by atoms with van der Waals surface area (Å²) in [6.07, 6.45) is -0.144. The quantitative estimate of drug-likeness (QED) is 0.440. The number of nitrogens with zero attached hydrogens (tertiary/aromatic N) is 1. The minimum absolute atomic E-state index is 0.0475. The number of carbonyl (C=O) groups excluding carboxylic acids is 4. The molecule has 1 aliphatic heterocycles. The molecule has 0 saturated heterocycles. The lowest BCUT2D eigenvalue weighted by Crippen LogP contribution is -2.46. The number of sulfonamides is 1. The van der Waals surface area contributed by atoms with Crippen LogP contribution in [-0.2, 0) is 24.3 Å². The molecule has 0 saturated carbocycles. The highest BCUT2D eigenvalue weighted by molar-refractivity contribution is 7.90. The van der Waals surface area contributed by atoms with Gasteiger partial charge < -0.3 is 9.53 Å². The van der Waals surface area contributed by atoms with E-state index in [-0.39, 0.29) is 36.4 Å². The van der Waals surface area contributed by atoms with E-state index >= 15 is 0 Å². The van der Waals surface area contributed by atoms with Crippen molar-refractivity contribution in [2.24, 2.45) is 0 Å². The second kappa shape index (κ2) is 9.07. The maximum atomic E-state index is 12.6. The van der Waals surface area contributed by atoms with E-state index in [0.717, 1.165) is 4.90 Å². The molecule has 1 unspecified atom stereocenters. The van der Waals surface area contributed by atoms with Crippen molar-refractivity contribution in [2.45, 2.75) is 31.9 Å². The van der Waals surface area contributed by atoms with E-state index in [1.165, 1.54) is 19.1 Å². The number of ketones is 1. The average molecular weight is 410 g/mol. The number of amides is 2. The van der Waals surface area contributed by atoms with Crippen molar-refractivity contribution in [2.75, 3.05) is 19.7 Å². The van der Waals surface area contributed by atoms with Gasteiger partial charge in [-0.2, -0.15) is 0 Å². The first-order valence-electron chi connectivity index (χ1n) is 8.76. The molecule has 1 aromatic rings. The monoisotopic (exact) mass is 410 g/mol. The molecule has 2 amide bonds. The van der Waals surface area contributed by atoms with Crippen LogP contribution in [-0.4, -0.2) is 61.8 Å². The molecule has 0 bridgehead atoms. The van der Waals surface area contributed by atoms with Crippen LogP contribution < -0.4 is 4.72 Å². The number of Topliss-reactive ketones (excluding diaryl/α,β-unsaturated/α-hetero) is 1. The largest absolute Gasteiger partial charge is 0.465 e. The van der Waals surface area contributed by atoms with Gasteiger partial charge in [0.05, 0.1) is 23.0 Å². The van der Waals surface area contributed by atoms with Crippen molar-refractivity contribution >= 4 is 33.6 Å². The molecule has 28 heavy (non-hydrogen) atoms.